The molecule has 0 amide bonds. The van der Waals surface area contributed by atoms with Crippen molar-refractivity contribution in [3.63, 3.8) is 0 Å². The van der Waals surface area contributed by atoms with Crippen LogP contribution in [0.15, 0.2) is 180 Å². The Bertz CT molecular complexity index is 3190. The van der Waals surface area contributed by atoms with Gasteiger partial charge in [0.25, 0.3) is 0 Å². The molecule has 54 heavy (non-hydrogen) atoms. The summed E-state index contributed by atoms with van der Waals surface area (Å²) < 4.78 is 58.9. The molecule has 0 N–H and O–H groups in total. The highest BCUT2D eigenvalue weighted by atomic mass is 16.3. The molecule has 0 aliphatic rings. The Kier molecular flexibility index (Phi) is 6.16. The van der Waals surface area contributed by atoms with Gasteiger partial charge < -0.3 is 4.42 Å². The highest BCUT2D eigenvalue weighted by Gasteiger charge is 2.24. The number of hydrogen-bond acceptors (Lipinski definition) is 3. The summed E-state index contributed by atoms with van der Waals surface area (Å²) in [5.74, 6) is 0.655. The Morgan fingerprint density at radius 2 is 1.17 bits per heavy atom. The number of nitrogens with zero attached hydrogens (tertiary/aromatic N) is 3. The molecule has 3 heterocycles. The van der Waals surface area contributed by atoms with Crippen molar-refractivity contribution in [2.75, 3.05) is 0 Å². The lowest BCUT2D eigenvalue weighted by Crippen LogP contribution is -2.01. The maximum absolute atomic E-state index is 8.31. The summed E-state index contributed by atoms with van der Waals surface area (Å²) in [6.45, 7) is -5.18. The quantitative estimate of drug-likeness (QED) is 0.174. The van der Waals surface area contributed by atoms with Crippen LogP contribution in [0.2, 0.25) is 0 Å². The van der Waals surface area contributed by atoms with E-state index in [2.05, 4.69) is 59.2 Å². The standard InChI is InChI=1S/C50H35N3O/c1-32-15-14-16-33(2)46(32)43-29-28-39-47-38(35-19-8-4-9-20-35)26-27-40(48(47)54-50(39)52-43)49-51-42-23-12-13-24-45(42)53(49)44-30-25-37(34-17-6-3-7-18-34)31-41(44)36-21-10-5-11-22-36/h3-31H,1-2H3/i1D3,2D3. The van der Waals surface area contributed by atoms with Gasteiger partial charge in [-0.2, -0.15) is 0 Å². The fourth-order valence-corrected chi connectivity index (χ4v) is 7.60. The van der Waals surface area contributed by atoms with Crippen molar-refractivity contribution >= 4 is 33.1 Å². The summed E-state index contributed by atoms with van der Waals surface area (Å²) in [5.41, 5.74) is 10.3. The number of aryl methyl sites for hydroxylation is 2. The molecule has 10 rings (SSSR count). The fraction of sp³-hybridized carbons (Fsp3) is 0.0400. The minimum absolute atomic E-state index is 0.0533. The number of benzene rings is 7. The molecule has 0 aliphatic heterocycles. The van der Waals surface area contributed by atoms with Gasteiger partial charge in [0.15, 0.2) is 0 Å². The van der Waals surface area contributed by atoms with E-state index in [-0.39, 0.29) is 28.1 Å². The third-order valence-electron chi connectivity index (χ3n) is 10.1. The average Bonchev–Trinajstić information content (AvgIpc) is 3.85. The first-order valence-electron chi connectivity index (χ1n) is 20.8. The molecule has 4 nitrogen and oxygen atoms in total. The van der Waals surface area contributed by atoms with Gasteiger partial charge in [0.05, 0.1) is 28.0 Å². The van der Waals surface area contributed by atoms with Crippen LogP contribution in [0.1, 0.15) is 19.4 Å². The van der Waals surface area contributed by atoms with Gasteiger partial charge in [0, 0.05) is 30.1 Å². The van der Waals surface area contributed by atoms with E-state index < -0.39 is 13.7 Å². The largest absolute Gasteiger partial charge is 0.437 e. The van der Waals surface area contributed by atoms with Gasteiger partial charge >= 0.3 is 0 Å². The van der Waals surface area contributed by atoms with E-state index in [9.17, 15) is 0 Å². The van der Waals surface area contributed by atoms with E-state index in [1.165, 1.54) is 18.2 Å². The number of rotatable bonds is 6. The molecule has 0 spiro atoms. The van der Waals surface area contributed by atoms with Gasteiger partial charge in [-0.1, -0.05) is 133 Å². The van der Waals surface area contributed by atoms with Crippen LogP contribution in [0.5, 0.6) is 0 Å². The van der Waals surface area contributed by atoms with Crippen LogP contribution in [-0.2, 0) is 0 Å². The first kappa shape index (κ1) is 25.8. The topological polar surface area (TPSA) is 43.9 Å². The second-order valence-corrected chi connectivity index (χ2v) is 13.3. The molecule has 256 valence electrons. The third-order valence-corrected chi connectivity index (χ3v) is 10.1. The van der Waals surface area contributed by atoms with Crippen LogP contribution in [0.25, 0.3) is 94.8 Å². The van der Waals surface area contributed by atoms with Crippen LogP contribution >= 0.6 is 0 Å². The molecule has 0 unspecified atom stereocenters. The zero-order valence-corrected chi connectivity index (χ0v) is 29.0. The molecule has 0 aliphatic carbocycles. The van der Waals surface area contributed by atoms with Crippen molar-refractivity contribution in [3.05, 3.63) is 187 Å². The molecule has 0 fully saturated rings. The number of para-hydroxylation sites is 2. The van der Waals surface area contributed by atoms with Crippen molar-refractivity contribution in [2.24, 2.45) is 0 Å². The van der Waals surface area contributed by atoms with Gasteiger partial charge in [0.1, 0.15) is 11.4 Å². The Morgan fingerprint density at radius 1 is 0.519 bits per heavy atom. The van der Waals surface area contributed by atoms with Crippen molar-refractivity contribution in [3.8, 4) is 61.7 Å². The van der Waals surface area contributed by atoms with Crippen LogP contribution in [0, 0.1) is 13.7 Å². The zero-order valence-electron chi connectivity index (χ0n) is 35.0. The van der Waals surface area contributed by atoms with Crippen molar-refractivity contribution < 1.29 is 12.6 Å². The second-order valence-electron chi connectivity index (χ2n) is 13.3. The Labute approximate surface area is 322 Å². The van der Waals surface area contributed by atoms with Gasteiger partial charge in [-0.25, -0.2) is 9.97 Å². The van der Waals surface area contributed by atoms with Crippen LogP contribution in [0.4, 0.5) is 0 Å². The molecule has 0 saturated carbocycles. The second kappa shape index (κ2) is 12.9. The number of fused-ring (bicyclic) bond motifs is 4. The molecule has 0 saturated heterocycles. The normalized spacial score (nSPS) is 13.6. The Balaban J connectivity index is 1.27. The number of imidazole rings is 1. The number of pyridine rings is 1. The molecule has 3 aromatic heterocycles. The molecule has 4 heteroatoms. The summed E-state index contributed by atoms with van der Waals surface area (Å²) in [6, 6.07) is 57.2. The maximum atomic E-state index is 8.31. The SMILES string of the molecule is [2H]C([2H])([2H])c1cccc(C([2H])([2H])[2H])c1-c1ccc2c(n1)oc1c(-c3nc4ccccc4n3-c3ccc(-c4ccccc4)cc3-c3ccccc3)ccc(-c3ccccc3)c12. The zero-order chi connectivity index (χ0) is 41.2. The van der Waals surface area contributed by atoms with Gasteiger partial charge in [-0.15, -0.1) is 0 Å². The smallest absolute Gasteiger partial charge is 0.227 e. The molecule has 7 aromatic carbocycles. The highest BCUT2D eigenvalue weighted by molar-refractivity contribution is 6.16. The summed E-state index contributed by atoms with van der Waals surface area (Å²) in [7, 11) is 0. The summed E-state index contributed by atoms with van der Waals surface area (Å²) in [5, 5.41) is 1.49. The number of aromatic nitrogens is 3. The van der Waals surface area contributed by atoms with Crippen LogP contribution in [-0.4, -0.2) is 14.5 Å². The van der Waals surface area contributed by atoms with Gasteiger partial charge in [-0.3, -0.25) is 4.57 Å². The Morgan fingerprint density at radius 3 is 1.89 bits per heavy atom. The predicted molar refractivity (Wildman–Crippen MR) is 223 cm³/mol. The molecular formula is C50H35N3O. The summed E-state index contributed by atoms with van der Waals surface area (Å²) in [6.07, 6.45) is 0. The first-order chi connectivity index (χ1) is 29.0. The van der Waals surface area contributed by atoms with E-state index in [0.717, 1.165) is 61.1 Å². The molecule has 10 aromatic rings. The predicted octanol–water partition coefficient (Wildman–Crippen LogP) is 13.3. The monoisotopic (exact) mass is 699 g/mol. The average molecular weight is 700 g/mol. The molecule has 0 bridgehead atoms. The summed E-state index contributed by atoms with van der Waals surface area (Å²) in [4.78, 5) is 10.2. The molecular weight excluding hydrogens is 659 g/mol. The minimum Gasteiger partial charge on any atom is -0.437 e. The van der Waals surface area contributed by atoms with Crippen LogP contribution < -0.4 is 0 Å². The molecule has 0 atom stereocenters. The first-order valence-corrected chi connectivity index (χ1v) is 17.8. The Hall–Kier alpha value is -7.04. The van der Waals surface area contributed by atoms with E-state index in [1.807, 2.05) is 97.1 Å². The highest BCUT2D eigenvalue weighted by Crippen LogP contribution is 2.44. The minimum atomic E-state index is -2.59. The van der Waals surface area contributed by atoms with Crippen molar-refractivity contribution in [1.29, 1.82) is 0 Å². The number of hydrogen-bond donors (Lipinski definition) is 0. The van der Waals surface area contributed by atoms with E-state index in [0.29, 0.717) is 16.8 Å². The van der Waals surface area contributed by atoms with E-state index >= 15 is 0 Å². The van der Waals surface area contributed by atoms with Gasteiger partial charge in [-0.05, 0) is 95.1 Å². The molecule has 0 radical (unpaired) electrons. The lowest BCUT2D eigenvalue weighted by Gasteiger charge is -2.17. The lowest BCUT2D eigenvalue weighted by atomic mass is 9.96. The third kappa shape index (κ3) is 5.22. The van der Waals surface area contributed by atoms with E-state index in [1.54, 1.807) is 6.07 Å². The summed E-state index contributed by atoms with van der Waals surface area (Å²) >= 11 is 0. The van der Waals surface area contributed by atoms with E-state index in [4.69, 9.17) is 22.6 Å². The van der Waals surface area contributed by atoms with Crippen LogP contribution in [0.3, 0.4) is 0 Å². The van der Waals surface area contributed by atoms with Gasteiger partial charge in [0.2, 0.25) is 5.71 Å². The maximum Gasteiger partial charge on any atom is 0.227 e. The fourth-order valence-electron chi connectivity index (χ4n) is 7.60. The lowest BCUT2D eigenvalue weighted by molar-refractivity contribution is 0.655. The van der Waals surface area contributed by atoms with Crippen molar-refractivity contribution in [2.45, 2.75) is 13.7 Å². The number of furan rings is 1. The van der Waals surface area contributed by atoms with Crippen molar-refractivity contribution in [1.82, 2.24) is 14.5 Å².